The lowest BCUT2D eigenvalue weighted by Gasteiger charge is -2.54. The Kier molecular flexibility index (Phi) is 2.52. The van der Waals surface area contributed by atoms with Crippen LogP contribution >= 0.6 is 0 Å². The molecule has 4 aliphatic carbocycles. The van der Waals surface area contributed by atoms with Gasteiger partial charge in [0.05, 0.1) is 11.4 Å². The van der Waals surface area contributed by atoms with Gasteiger partial charge in [-0.25, -0.2) is 10.8 Å². The molecule has 0 amide bonds. The maximum atomic E-state index is 5.35. The van der Waals surface area contributed by atoms with E-state index in [0.29, 0.717) is 11.9 Å². The Balaban J connectivity index is 1.69. The number of aryl methyl sites for hydroxylation is 1. The Bertz CT molecular complexity index is 473. The van der Waals surface area contributed by atoms with Gasteiger partial charge in [0, 0.05) is 5.92 Å². The summed E-state index contributed by atoms with van der Waals surface area (Å²) in [6, 6.07) is 0. The van der Waals surface area contributed by atoms with Crippen molar-refractivity contribution in [1.29, 1.82) is 0 Å². The van der Waals surface area contributed by atoms with Gasteiger partial charge in [-0.2, -0.15) is 0 Å². The summed E-state index contributed by atoms with van der Waals surface area (Å²) in [4.78, 5) is 4.41. The van der Waals surface area contributed by atoms with Gasteiger partial charge < -0.3 is 0 Å². The quantitative estimate of drug-likeness (QED) is 0.627. The van der Waals surface area contributed by atoms with E-state index >= 15 is 0 Å². The number of hydrogen-bond donors (Lipinski definition) is 2. The first-order valence-corrected chi connectivity index (χ1v) is 7.42. The Morgan fingerprint density at radius 3 is 2.16 bits per heavy atom. The second-order valence-corrected chi connectivity index (χ2v) is 6.71. The summed E-state index contributed by atoms with van der Waals surface area (Å²) in [6.07, 6.45) is 7.08. The molecule has 0 aromatic carbocycles. The van der Waals surface area contributed by atoms with E-state index in [1.54, 1.807) is 0 Å². The van der Waals surface area contributed by atoms with Crippen LogP contribution in [0.25, 0.3) is 0 Å². The summed E-state index contributed by atoms with van der Waals surface area (Å²) >= 11 is 0. The first-order valence-electron chi connectivity index (χ1n) is 7.42. The van der Waals surface area contributed by atoms with Crippen molar-refractivity contribution in [2.75, 3.05) is 5.43 Å². The third kappa shape index (κ3) is 1.75. The molecule has 102 valence electrons. The summed E-state index contributed by atoms with van der Waals surface area (Å²) in [7, 11) is 0. The zero-order valence-corrected chi connectivity index (χ0v) is 11.3. The molecule has 4 bridgehead atoms. The summed E-state index contributed by atoms with van der Waals surface area (Å²) in [5.74, 6) is 9.99. The fourth-order valence-electron chi connectivity index (χ4n) is 5.15. The average molecular weight is 259 g/mol. The summed E-state index contributed by atoms with van der Waals surface area (Å²) in [5.41, 5.74) is 4.61. The highest BCUT2D eigenvalue weighted by atomic mass is 15.3. The van der Waals surface area contributed by atoms with Gasteiger partial charge in [-0.1, -0.05) is 0 Å². The predicted molar refractivity (Wildman–Crippen MR) is 72.2 cm³/mol. The van der Waals surface area contributed by atoms with Crippen molar-refractivity contribution < 1.29 is 0 Å². The molecule has 4 saturated carbocycles. The molecule has 3 N–H and O–H groups in total. The molecular weight excluding hydrogens is 238 g/mol. The molecule has 4 aliphatic rings. The molecular formula is C14H21N5. The molecule has 5 heteroatoms. The van der Waals surface area contributed by atoms with E-state index < -0.39 is 0 Å². The fourth-order valence-corrected chi connectivity index (χ4v) is 5.15. The van der Waals surface area contributed by atoms with Gasteiger partial charge in [0.25, 0.3) is 5.95 Å². The van der Waals surface area contributed by atoms with Crippen LogP contribution in [0.2, 0.25) is 0 Å². The third-order valence-electron chi connectivity index (χ3n) is 5.57. The molecule has 0 aliphatic heterocycles. The molecule has 1 aromatic heterocycles. The minimum atomic E-state index is 0.421. The molecule has 5 nitrogen and oxygen atoms in total. The predicted octanol–water partition coefficient (Wildman–Crippen LogP) is 2.01. The lowest BCUT2D eigenvalue weighted by Crippen LogP contribution is -2.44. The van der Waals surface area contributed by atoms with Gasteiger partial charge in [0.2, 0.25) is 0 Å². The van der Waals surface area contributed by atoms with E-state index in [-0.39, 0.29) is 0 Å². The van der Waals surface area contributed by atoms with Crippen LogP contribution < -0.4 is 11.3 Å². The monoisotopic (exact) mass is 259 g/mol. The number of nitrogen functional groups attached to an aromatic ring is 1. The summed E-state index contributed by atoms with van der Waals surface area (Å²) in [5, 5.41) is 8.53. The maximum absolute atomic E-state index is 5.35. The highest BCUT2D eigenvalue weighted by Crippen LogP contribution is 2.59. The second kappa shape index (κ2) is 4.13. The van der Waals surface area contributed by atoms with Crippen molar-refractivity contribution in [3.8, 4) is 0 Å². The first kappa shape index (κ1) is 11.6. The number of aromatic nitrogens is 3. The van der Waals surface area contributed by atoms with Gasteiger partial charge in [-0.3, -0.25) is 5.43 Å². The van der Waals surface area contributed by atoms with E-state index in [1.165, 1.54) is 32.1 Å². The van der Waals surface area contributed by atoms with E-state index in [1.807, 2.05) is 6.92 Å². The standard InChI is InChI=1S/C14H21N5/c1-7-13(18-19-14(16-7)17-15)12-10-3-8-2-9(5-10)6-11(12)4-8/h8-12H,2-6,15H2,1H3,(H,16,17,19). The van der Waals surface area contributed by atoms with Crippen LogP contribution in [-0.2, 0) is 0 Å². The van der Waals surface area contributed by atoms with Gasteiger partial charge in [-0.15, -0.1) is 10.2 Å². The number of nitrogens with two attached hydrogens (primary N) is 1. The lowest BCUT2D eigenvalue weighted by atomic mass is 9.51. The van der Waals surface area contributed by atoms with E-state index in [2.05, 4.69) is 20.6 Å². The van der Waals surface area contributed by atoms with Crippen LogP contribution in [0.1, 0.15) is 49.4 Å². The SMILES string of the molecule is Cc1nc(NN)nnc1C1C2CC3CC(C2)CC1C3. The minimum absolute atomic E-state index is 0.421. The number of nitrogens with one attached hydrogen (secondary N) is 1. The Morgan fingerprint density at radius 1 is 1.00 bits per heavy atom. The van der Waals surface area contributed by atoms with Crippen molar-refractivity contribution in [2.45, 2.75) is 44.9 Å². The first-order chi connectivity index (χ1) is 9.24. The van der Waals surface area contributed by atoms with Gasteiger partial charge in [-0.05, 0) is 62.7 Å². The van der Waals surface area contributed by atoms with Crippen molar-refractivity contribution in [3.63, 3.8) is 0 Å². The van der Waals surface area contributed by atoms with Gasteiger partial charge in [0.15, 0.2) is 0 Å². The molecule has 4 fully saturated rings. The van der Waals surface area contributed by atoms with Gasteiger partial charge >= 0.3 is 0 Å². The van der Waals surface area contributed by atoms with Crippen LogP contribution in [0.4, 0.5) is 5.95 Å². The molecule has 19 heavy (non-hydrogen) atoms. The van der Waals surface area contributed by atoms with Crippen molar-refractivity contribution in [3.05, 3.63) is 11.4 Å². The molecule has 0 radical (unpaired) electrons. The van der Waals surface area contributed by atoms with Crippen LogP contribution in [0, 0.1) is 30.6 Å². The molecule has 5 rings (SSSR count). The molecule has 0 saturated heterocycles. The number of nitrogens with zero attached hydrogens (tertiary/aromatic N) is 3. The van der Waals surface area contributed by atoms with E-state index in [9.17, 15) is 0 Å². The summed E-state index contributed by atoms with van der Waals surface area (Å²) < 4.78 is 0. The molecule has 1 heterocycles. The fraction of sp³-hybridized carbons (Fsp3) is 0.786. The Morgan fingerprint density at radius 2 is 1.63 bits per heavy atom. The number of hydrogen-bond acceptors (Lipinski definition) is 5. The molecule has 0 atom stereocenters. The summed E-state index contributed by atoms with van der Waals surface area (Å²) in [6.45, 7) is 2.04. The van der Waals surface area contributed by atoms with Crippen molar-refractivity contribution in [2.24, 2.45) is 29.5 Å². The lowest BCUT2D eigenvalue weighted by molar-refractivity contribution is -0.00480. The second-order valence-electron chi connectivity index (χ2n) is 6.71. The van der Waals surface area contributed by atoms with Crippen molar-refractivity contribution in [1.82, 2.24) is 15.2 Å². The number of rotatable bonds is 2. The smallest absolute Gasteiger partial charge is 0.257 e. The zero-order valence-electron chi connectivity index (χ0n) is 11.3. The Hall–Kier alpha value is -1.23. The number of anilines is 1. The minimum Gasteiger partial charge on any atom is -0.291 e. The average Bonchev–Trinajstić information content (AvgIpc) is 2.39. The van der Waals surface area contributed by atoms with Crippen LogP contribution in [0.5, 0.6) is 0 Å². The molecule has 1 aromatic rings. The van der Waals surface area contributed by atoms with E-state index in [4.69, 9.17) is 5.84 Å². The maximum Gasteiger partial charge on any atom is 0.257 e. The number of hydrazine groups is 1. The topological polar surface area (TPSA) is 76.7 Å². The van der Waals surface area contributed by atoms with Crippen molar-refractivity contribution >= 4 is 5.95 Å². The zero-order chi connectivity index (χ0) is 13.0. The largest absolute Gasteiger partial charge is 0.291 e. The Labute approximate surface area is 113 Å². The van der Waals surface area contributed by atoms with E-state index in [0.717, 1.165) is 35.1 Å². The normalized spacial score (nSPS) is 39.6. The third-order valence-corrected chi connectivity index (χ3v) is 5.57. The van der Waals surface area contributed by atoms with Gasteiger partial charge in [0.1, 0.15) is 0 Å². The van der Waals surface area contributed by atoms with Crippen LogP contribution in [0.3, 0.4) is 0 Å². The van der Waals surface area contributed by atoms with Crippen LogP contribution in [-0.4, -0.2) is 15.2 Å². The molecule has 0 spiro atoms. The highest BCUT2D eigenvalue weighted by molar-refractivity contribution is 5.26. The highest BCUT2D eigenvalue weighted by Gasteiger charge is 2.49. The van der Waals surface area contributed by atoms with Crippen LogP contribution in [0.15, 0.2) is 0 Å². The molecule has 0 unspecified atom stereocenters.